The first-order valence-corrected chi connectivity index (χ1v) is 7.44. The largest absolute Gasteiger partial charge is 0.381 e. The topological polar surface area (TPSA) is 44.4 Å². The Bertz CT molecular complexity index is 473. The van der Waals surface area contributed by atoms with Crippen LogP contribution in [0.5, 0.6) is 0 Å². The van der Waals surface area contributed by atoms with Crippen LogP contribution in [0.1, 0.15) is 35.7 Å². The van der Waals surface area contributed by atoms with Crippen molar-refractivity contribution in [2.45, 2.75) is 32.7 Å². The van der Waals surface area contributed by atoms with Gasteiger partial charge in [0.05, 0.1) is 0 Å². The van der Waals surface area contributed by atoms with Gasteiger partial charge in [-0.25, -0.2) is 0 Å². The number of piperidine rings is 1. The maximum atomic E-state index is 11.9. The molecule has 1 aliphatic heterocycles. The summed E-state index contributed by atoms with van der Waals surface area (Å²) >= 11 is 0. The quantitative estimate of drug-likeness (QED) is 0.886. The first kappa shape index (κ1) is 14.9. The number of hydrogen-bond donors (Lipinski definition) is 2. The van der Waals surface area contributed by atoms with Gasteiger partial charge in [-0.05, 0) is 58.0 Å². The van der Waals surface area contributed by atoms with Crippen molar-refractivity contribution in [3.8, 4) is 0 Å². The van der Waals surface area contributed by atoms with Gasteiger partial charge in [-0.1, -0.05) is 6.07 Å². The Morgan fingerprint density at radius 2 is 2.25 bits per heavy atom. The molecule has 2 N–H and O–H groups in total. The van der Waals surface area contributed by atoms with E-state index >= 15 is 0 Å². The van der Waals surface area contributed by atoms with Gasteiger partial charge in [0.15, 0.2) is 0 Å². The van der Waals surface area contributed by atoms with E-state index in [1.54, 1.807) is 0 Å². The van der Waals surface area contributed by atoms with Crippen molar-refractivity contribution in [2.24, 2.45) is 0 Å². The molecule has 1 unspecified atom stereocenters. The van der Waals surface area contributed by atoms with Crippen LogP contribution in [0.3, 0.4) is 0 Å². The zero-order valence-electron chi connectivity index (χ0n) is 12.7. The fraction of sp³-hybridized carbons (Fsp3) is 0.562. The van der Waals surface area contributed by atoms with Crippen molar-refractivity contribution >= 4 is 11.6 Å². The van der Waals surface area contributed by atoms with Gasteiger partial charge in [0.1, 0.15) is 0 Å². The van der Waals surface area contributed by atoms with E-state index in [1.807, 2.05) is 25.1 Å². The maximum Gasteiger partial charge on any atom is 0.251 e. The smallest absolute Gasteiger partial charge is 0.251 e. The molecule has 1 aromatic carbocycles. The normalized spacial score (nSPS) is 19.6. The summed E-state index contributed by atoms with van der Waals surface area (Å²) < 4.78 is 0. The third-order valence-corrected chi connectivity index (χ3v) is 3.82. The number of amides is 1. The Kier molecular flexibility index (Phi) is 5.01. The molecule has 1 aliphatic rings. The number of nitrogens with one attached hydrogen (secondary N) is 2. The van der Waals surface area contributed by atoms with Gasteiger partial charge in [0, 0.05) is 30.4 Å². The van der Waals surface area contributed by atoms with Crippen LogP contribution in [-0.4, -0.2) is 43.5 Å². The summed E-state index contributed by atoms with van der Waals surface area (Å²) in [6.07, 6.45) is 2.42. The molecule has 2 rings (SSSR count). The number of anilines is 1. The molecule has 4 nitrogen and oxygen atoms in total. The predicted octanol–water partition coefficient (Wildman–Crippen LogP) is 2.25. The standard InChI is InChI=1S/C16H25N3O/c1-4-17-16(20)13-8-7-12(2)15(10-13)18-14-6-5-9-19(3)11-14/h7-8,10,14,18H,4-6,9,11H2,1-3H3,(H,17,20). The van der Waals surface area contributed by atoms with E-state index in [2.05, 4.69) is 29.5 Å². The van der Waals surface area contributed by atoms with Crippen LogP contribution >= 0.6 is 0 Å². The minimum atomic E-state index is -0.00341. The highest BCUT2D eigenvalue weighted by atomic mass is 16.1. The Balaban J connectivity index is 2.10. The highest BCUT2D eigenvalue weighted by Crippen LogP contribution is 2.20. The minimum absolute atomic E-state index is 0.00341. The average molecular weight is 275 g/mol. The van der Waals surface area contributed by atoms with Gasteiger partial charge in [0.25, 0.3) is 5.91 Å². The summed E-state index contributed by atoms with van der Waals surface area (Å²) in [5.41, 5.74) is 2.99. The number of benzene rings is 1. The molecule has 0 spiro atoms. The fourth-order valence-corrected chi connectivity index (χ4v) is 2.69. The van der Waals surface area contributed by atoms with Crippen LogP contribution < -0.4 is 10.6 Å². The second-order valence-electron chi connectivity index (χ2n) is 5.63. The van der Waals surface area contributed by atoms with E-state index in [4.69, 9.17) is 0 Å². The van der Waals surface area contributed by atoms with E-state index in [1.165, 1.54) is 24.9 Å². The maximum absolute atomic E-state index is 11.9. The van der Waals surface area contributed by atoms with Gasteiger partial charge in [-0.2, -0.15) is 0 Å². The van der Waals surface area contributed by atoms with E-state index in [0.29, 0.717) is 12.6 Å². The van der Waals surface area contributed by atoms with Gasteiger partial charge in [0.2, 0.25) is 0 Å². The van der Waals surface area contributed by atoms with Crippen LogP contribution in [0.25, 0.3) is 0 Å². The third kappa shape index (κ3) is 3.73. The molecular formula is C16H25N3O. The molecule has 0 bridgehead atoms. The summed E-state index contributed by atoms with van der Waals surface area (Å²) in [6.45, 7) is 6.91. The Hall–Kier alpha value is -1.55. The van der Waals surface area contributed by atoms with Crippen LogP contribution in [0, 0.1) is 6.92 Å². The lowest BCUT2D eigenvalue weighted by Gasteiger charge is -2.31. The van der Waals surface area contributed by atoms with E-state index < -0.39 is 0 Å². The van der Waals surface area contributed by atoms with E-state index in [9.17, 15) is 4.79 Å². The van der Waals surface area contributed by atoms with E-state index in [-0.39, 0.29) is 5.91 Å². The zero-order valence-corrected chi connectivity index (χ0v) is 12.7. The van der Waals surface area contributed by atoms with Crippen LogP contribution in [0.4, 0.5) is 5.69 Å². The van der Waals surface area contributed by atoms with Crippen molar-refractivity contribution < 1.29 is 4.79 Å². The van der Waals surface area contributed by atoms with Crippen LogP contribution in [0.15, 0.2) is 18.2 Å². The number of nitrogens with zero attached hydrogens (tertiary/aromatic N) is 1. The lowest BCUT2D eigenvalue weighted by Crippen LogP contribution is -2.39. The monoisotopic (exact) mass is 275 g/mol. The van der Waals surface area contributed by atoms with Crippen molar-refractivity contribution in [1.29, 1.82) is 0 Å². The van der Waals surface area contributed by atoms with Crippen molar-refractivity contribution in [1.82, 2.24) is 10.2 Å². The number of rotatable bonds is 4. The van der Waals surface area contributed by atoms with Crippen LogP contribution in [0.2, 0.25) is 0 Å². The minimum Gasteiger partial charge on any atom is -0.381 e. The van der Waals surface area contributed by atoms with Crippen molar-refractivity contribution in [3.05, 3.63) is 29.3 Å². The molecule has 20 heavy (non-hydrogen) atoms. The molecule has 1 heterocycles. The summed E-state index contributed by atoms with van der Waals surface area (Å²) in [4.78, 5) is 14.3. The molecule has 110 valence electrons. The third-order valence-electron chi connectivity index (χ3n) is 3.82. The molecule has 1 saturated heterocycles. The first-order chi connectivity index (χ1) is 9.60. The summed E-state index contributed by atoms with van der Waals surface area (Å²) in [5.74, 6) is -0.00341. The summed E-state index contributed by atoms with van der Waals surface area (Å²) in [5, 5.41) is 6.44. The SMILES string of the molecule is CCNC(=O)c1ccc(C)c(NC2CCCN(C)C2)c1. The average Bonchev–Trinajstić information content (AvgIpc) is 2.41. The number of likely N-dealkylation sites (tertiary alicyclic amines) is 1. The van der Waals surface area contributed by atoms with E-state index in [0.717, 1.165) is 17.8 Å². The molecule has 0 aromatic heterocycles. The molecule has 1 amide bonds. The lowest BCUT2D eigenvalue weighted by molar-refractivity contribution is 0.0956. The van der Waals surface area contributed by atoms with Gasteiger partial charge < -0.3 is 15.5 Å². The Morgan fingerprint density at radius 1 is 1.45 bits per heavy atom. The molecule has 0 radical (unpaired) electrons. The van der Waals surface area contributed by atoms with Gasteiger partial charge in [-0.15, -0.1) is 0 Å². The van der Waals surface area contributed by atoms with Gasteiger partial charge in [-0.3, -0.25) is 4.79 Å². The number of aryl methyl sites for hydroxylation is 1. The van der Waals surface area contributed by atoms with Crippen LogP contribution in [-0.2, 0) is 0 Å². The fourth-order valence-electron chi connectivity index (χ4n) is 2.69. The summed E-state index contributed by atoms with van der Waals surface area (Å²) in [6, 6.07) is 6.34. The highest BCUT2D eigenvalue weighted by Gasteiger charge is 2.18. The molecule has 1 fully saturated rings. The van der Waals surface area contributed by atoms with Crippen molar-refractivity contribution in [3.63, 3.8) is 0 Å². The second-order valence-corrected chi connectivity index (χ2v) is 5.63. The molecule has 1 aromatic rings. The second kappa shape index (κ2) is 6.75. The first-order valence-electron chi connectivity index (χ1n) is 7.44. The number of carbonyl (C=O) groups excluding carboxylic acids is 1. The predicted molar refractivity (Wildman–Crippen MR) is 83.3 cm³/mol. The van der Waals surface area contributed by atoms with Crippen molar-refractivity contribution in [2.75, 3.05) is 32.0 Å². The molecule has 0 aliphatic carbocycles. The highest BCUT2D eigenvalue weighted by molar-refractivity contribution is 5.95. The number of carbonyl (C=O) groups is 1. The molecule has 0 saturated carbocycles. The zero-order chi connectivity index (χ0) is 14.5. The Labute approximate surface area is 121 Å². The Morgan fingerprint density at radius 3 is 2.95 bits per heavy atom. The molecule has 1 atom stereocenters. The summed E-state index contributed by atoms with van der Waals surface area (Å²) in [7, 11) is 2.16. The lowest BCUT2D eigenvalue weighted by atomic mass is 10.0. The number of hydrogen-bond acceptors (Lipinski definition) is 3. The molecular weight excluding hydrogens is 250 g/mol. The van der Waals surface area contributed by atoms with Gasteiger partial charge >= 0.3 is 0 Å². The molecule has 4 heteroatoms. The number of likely N-dealkylation sites (N-methyl/N-ethyl adjacent to an activating group) is 1.